The Morgan fingerprint density at radius 2 is 1.55 bits per heavy atom. The molecule has 5 heteroatoms. The average Bonchev–Trinajstić information content (AvgIpc) is 2.77. The molecule has 1 saturated heterocycles. The summed E-state index contributed by atoms with van der Waals surface area (Å²) in [4.78, 5) is 5.43. The van der Waals surface area contributed by atoms with E-state index >= 15 is 0 Å². The van der Waals surface area contributed by atoms with Gasteiger partial charge in [0.25, 0.3) is 0 Å². The zero-order valence-corrected chi connectivity index (χ0v) is 13.3. The summed E-state index contributed by atoms with van der Waals surface area (Å²) in [5.74, 6) is 0. The van der Waals surface area contributed by atoms with Crippen molar-refractivity contribution in [3.63, 3.8) is 0 Å². The molecule has 0 radical (unpaired) electrons. The highest BCUT2D eigenvalue weighted by atomic mass is 32.2. The molecule has 0 saturated carbocycles. The molecule has 0 atom stereocenters. The largest absolute Gasteiger partial charge is 0.369 e. The van der Waals surface area contributed by atoms with Gasteiger partial charge in [0, 0.05) is 43.0 Å². The van der Waals surface area contributed by atoms with Crippen molar-refractivity contribution in [2.75, 3.05) is 38.1 Å². The number of sulfone groups is 1. The number of hydrogen-bond acceptors (Lipinski definition) is 4. The van der Waals surface area contributed by atoms with Gasteiger partial charge in [-0.1, -0.05) is 24.3 Å². The van der Waals surface area contributed by atoms with Gasteiger partial charge in [-0.05, 0) is 25.2 Å². The minimum absolute atomic E-state index is 0.431. The smallest absolute Gasteiger partial charge is 0.207 e. The number of fused-ring (bicyclic) bond motifs is 3. The summed E-state index contributed by atoms with van der Waals surface area (Å²) in [6, 6.07) is 13.1. The number of hydrogen-bond donors (Lipinski definition) is 0. The predicted octanol–water partition coefficient (Wildman–Crippen LogP) is 2.25. The zero-order valence-electron chi connectivity index (χ0n) is 12.5. The first-order valence-corrected chi connectivity index (χ1v) is 8.98. The van der Waals surface area contributed by atoms with Gasteiger partial charge in [0.05, 0.1) is 9.79 Å². The van der Waals surface area contributed by atoms with Crippen LogP contribution in [-0.2, 0) is 9.84 Å². The minimum Gasteiger partial charge on any atom is -0.369 e. The fourth-order valence-corrected chi connectivity index (χ4v) is 4.96. The van der Waals surface area contributed by atoms with E-state index in [1.54, 1.807) is 12.1 Å². The maximum absolute atomic E-state index is 12.7. The highest BCUT2D eigenvalue weighted by Crippen LogP contribution is 2.44. The van der Waals surface area contributed by atoms with E-state index in [1.165, 1.54) is 0 Å². The summed E-state index contributed by atoms with van der Waals surface area (Å²) < 4.78 is 25.5. The van der Waals surface area contributed by atoms with E-state index in [1.807, 2.05) is 30.3 Å². The van der Waals surface area contributed by atoms with Crippen LogP contribution in [0.5, 0.6) is 0 Å². The highest BCUT2D eigenvalue weighted by molar-refractivity contribution is 7.92. The number of anilines is 1. The van der Waals surface area contributed by atoms with E-state index < -0.39 is 9.84 Å². The van der Waals surface area contributed by atoms with Crippen molar-refractivity contribution >= 4 is 15.5 Å². The summed E-state index contributed by atoms with van der Waals surface area (Å²) in [5, 5.41) is 0. The molecule has 2 aliphatic heterocycles. The van der Waals surface area contributed by atoms with Gasteiger partial charge >= 0.3 is 0 Å². The number of rotatable bonds is 1. The first kappa shape index (κ1) is 13.8. The van der Waals surface area contributed by atoms with Crippen LogP contribution in [0.2, 0.25) is 0 Å². The van der Waals surface area contributed by atoms with Gasteiger partial charge in [-0.15, -0.1) is 0 Å². The van der Waals surface area contributed by atoms with Gasteiger partial charge in [0.2, 0.25) is 9.84 Å². The zero-order chi connectivity index (χ0) is 15.3. The molecule has 4 nitrogen and oxygen atoms in total. The van der Waals surface area contributed by atoms with E-state index in [0.717, 1.165) is 43.0 Å². The number of piperazine rings is 1. The van der Waals surface area contributed by atoms with E-state index in [0.29, 0.717) is 9.79 Å². The number of benzene rings is 2. The van der Waals surface area contributed by atoms with Crippen LogP contribution < -0.4 is 4.90 Å². The number of likely N-dealkylation sites (N-methyl/N-ethyl adjacent to an activating group) is 1. The third-order valence-corrected chi connectivity index (χ3v) is 6.44. The van der Waals surface area contributed by atoms with Gasteiger partial charge in [-0.3, -0.25) is 0 Å². The van der Waals surface area contributed by atoms with Crippen LogP contribution in [0.1, 0.15) is 0 Å². The fraction of sp³-hybridized carbons (Fsp3) is 0.294. The summed E-state index contributed by atoms with van der Waals surface area (Å²) in [6.07, 6.45) is 0. The minimum atomic E-state index is -3.37. The molecule has 0 bridgehead atoms. The van der Waals surface area contributed by atoms with Crippen LogP contribution in [0.25, 0.3) is 11.1 Å². The lowest BCUT2D eigenvalue weighted by Crippen LogP contribution is -2.44. The molecular formula is C17H18N2O2S. The van der Waals surface area contributed by atoms with E-state index in [9.17, 15) is 8.42 Å². The summed E-state index contributed by atoms with van der Waals surface area (Å²) in [7, 11) is -1.26. The molecule has 0 aromatic heterocycles. The fourth-order valence-electron chi connectivity index (χ4n) is 3.26. The molecule has 2 aliphatic rings. The third-order valence-electron chi connectivity index (χ3n) is 4.59. The Kier molecular flexibility index (Phi) is 3.03. The molecule has 2 aromatic carbocycles. The molecule has 1 fully saturated rings. The van der Waals surface area contributed by atoms with Crippen molar-refractivity contribution in [1.29, 1.82) is 0 Å². The molecule has 4 rings (SSSR count). The Balaban J connectivity index is 1.79. The van der Waals surface area contributed by atoms with Crippen LogP contribution in [0, 0.1) is 0 Å². The summed E-state index contributed by atoms with van der Waals surface area (Å²) >= 11 is 0. The molecular weight excluding hydrogens is 296 g/mol. The number of nitrogens with zero attached hydrogens (tertiary/aromatic N) is 2. The lowest BCUT2D eigenvalue weighted by atomic mass is 10.1. The van der Waals surface area contributed by atoms with Crippen LogP contribution in [0.4, 0.5) is 5.69 Å². The summed E-state index contributed by atoms with van der Waals surface area (Å²) in [6.45, 7) is 3.87. The Morgan fingerprint density at radius 1 is 0.864 bits per heavy atom. The first-order valence-electron chi connectivity index (χ1n) is 7.49. The SMILES string of the molecule is CN1CCN(c2ccc3c(c2)S(=O)(=O)c2ccccc2-3)CC1. The normalized spacial score (nSPS) is 19.8. The van der Waals surface area contributed by atoms with Crippen LogP contribution in [0.15, 0.2) is 52.3 Å². The van der Waals surface area contributed by atoms with Crippen LogP contribution >= 0.6 is 0 Å². The van der Waals surface area contributed by atoms with Crippen molar-refractivity contribution < 1.29 is 8.42 Å². The average molecular weight is 314 g/mol. The quantitative estimate of drug-likeness (QED) is 0.691. The standard InChI is InChI=1S/C17H18N2O2S/c1-18-8-10-19(11-9-18)13-6-7-15-14-4-2-3-5-16(14)22(20,21)17(15)12-13/h2-7,12H,8-11H2,1H3. The van der Waals surface area contributed by atoms with Crippen molar-refractivity contribution in [3.05, 3.63) is 42.5 Å². The Hall–Kier alpha value is -1.85. The topological polar surface area (TPSA) is 40.6 Å². The van der Waals surface area contributed by atoms with Gasteiger partial charge in [-0.2, -0.15) is 0 Å². The van der Waals surface area contributed by atoms with E-state index in [-0.39, 0.29) is 0 Å². The lowest BCUT2D eigenvalue weighted by molar-refractivity contribution is 0.313. The Labute approximate surface area is 130 Å². The third kappa shape index (κ3) is 1.96. The molecule has 2 heterocycles. The monoisotopic (exact) mass is 314 g/mol. The van der Waals surface area contributed by atoms with E-state index in [2.05, 4.69) is 16.8 Å². The van der Waals surface area contributed by atoms with Crippen molar-refractivity contribution in [2.45, 2.75) is 9.79 Å². The molecule has 114 valence electrons. The van der Waals surface area contributed by atoms with Crippen LogP contribution in [-0.4, -0.2) is 46.5 Å². The maximum Gasteiger partial charge on any atom is 0.207 e. The van der Waals surface area contributed by atoms with Gasteiger partial charge in [-0.25, -0.2) is 8.42 Å². The highest BCUT2D eigenvalue weighted by Gasteiger charge is 2.33. The predicted molar refractivity (Wildman–Crippen MR) is 87.0 cm³/mol. The Morgan fingerprint density at radius 3 is 2.32 bits per heavy atom. The van der Waals surface area contributed by atoms with E-state index in [4.69, 9.17) is 0 Å². The molecule has 2 aromatic rings. The van der Waals surface area contributed by atoms with Gasteiger partial charge in [0.15, 0.2) is 0 Å². The molecule has 0 N–H and O–H groups in total. The summed E-state index contributed by atoms with van der Waals surface area (Å²) in [5.41, 5.74) is 2.65. The van der Waals surface area contributed by atoms with Crippen LogP contribution in [0.3, 0.4) is 0 Å². The molecule has 0 unspecified atom stereocenters. The lowest BCUT2D eigenvalue weighted by Gasteiger charge is -2.34. The van der Waals surface area contributed by atoms with Gasteiger partial charge < -0.3 is 9.80 Å². The second kappa shape index (κ2) is 4.83. The molecule has 22 heavy (non-hydrogen) atoms. The van der Waals surface area contributed by atoms with Gasteiger partial charge in [0.1, 0.15) is 0 Å². The molecule has 0 aliphatic carbocycles. The van der Waals surface area contributed by atoms with Crippen molar-refractivity contribution in [3.8, 4) is 11.1 Å². The Bertz CT molecular complexity index is 837. The first-order chi connectivity index (χ1) is 10.6. The van der Waals surface area contributed by atoms with Crippen molar-refractivity contribution in [2.24, 2.45) is 0 Å². The molecule has 0 amide bonds. The molecule has 0 spiro atoms. The second-order valence-corrected chi connectivity index (χ2v) is 7.86. The van der Waals surface area contributed by atoms with Crippen molar-refractivity contribution in [1.82, 2.24) is 4.90 Å². The second-order valence-electron chi connectivity index (χ2n) is 5.97. The maximum atomic E-state index is 12.7.